The van der Waals surface area contributed by atoms with Crippen molar-refractivity contribution in [2.75, 3.05) is 18.1 Å². The first-order valence-electron chi connectivity index (χ1n) is 6.20. The average molecular weight is 260 g/mol. The number of sulfone groups is 1. The Morgan fingerprint density at radius 1 is 1.29 bits per heavy atom. The fraction of sp³-hybridized carbons (Fsp3) is 0.909. The molecule has 6 heteroatoms. The van der Waals surface area contributed by atoms with E-state index in [2.05, 4.69) is 17.6 Å². The Labute approximate surface area is 102 Å². The fourth-order valence-corrected chi connectivity index (χ4v) is 4.18. The van der Waals surface area contributed by atoms with E-state index in [4.69, 9.17) is 0 Å². The summed E-state index contributed by atoms with van der Waals surface area (Å²) < 4.78 is 22.6. The van der Waals surface area contributed by atoms with Gasteiger partial charge in [-0.15, -0.1) is 0 Å². The molecule has 0 spiro atoms. The molecular weight excluding hydrogens is 240 g/mol. The van der Waals surface area contributed by atoms with Gasteiger partial charge in [0.1, 0.15) is 0 Å². The van der Waals surface area contributed by atoms with Crippen molar-refractivity contribution in [2.45, 2.75) is 38.3 Å². The molecule has 0 saturated carbocycles. The Morgan fingerprint density at radius 3 is 2.59 bits per heavy atom. The maximum Gasteiger partial charge on any atom is 0.224 e. The van der Waals surface area contributed by atoms with Crippen LogP contribution >= 0.6 is 0 Å². The van der Waals surface area contributed by atoms with Gasteiger partial charge in [0.15, 0.2) is 9.84 Å². The second-order valence-corrected chi connectivity index (χ2v) is 7.42. The number of carbonyl (C=O) groups excluding carboxylic acids is 1. The predicted molar refractivity (Wildman–Crippen MR) is 65.4 cm³/mol. The molecule has 0 aromatic heterocycles. The normalized spacial score (nSPS) is 36.6. The molecule has 1 amide bonds. The summed E-state index contributed by atoms with van der Waals surface area (Å²) in [5.41, 5.74) is 0. The van der Waals surface area contributed by atoms with Crippen LogP contribution in [0.3, 0.4) is 0 Å². The average Bonchev–Trinajstić information content (AvgIpc) is 2.62. The Hall–Kier alpha value is -0.620. The highest BCUT2D eigenvalue weighted by Gasteiger charge is 2.34. The van der Waals surface area contributed by atoms with E-state index in [0.717, 1.165) is 19.4 Å². The SMILES string of the molecule is CC1CCC(NC(=O)C2CCS(=O)(=O)C2)CN1. The molecule has 17 heavy (non-hydrogen) atoms. The first-order valence-corrected chi connectivity index (χ1v) is 8.02. The van der Waals surface area contributed by atoms with Gasteiger partial charge in [0.05, 0.1) is 17.4 Å². The summed E-state index contributed by atoms with van der Waals surface area (Å²) >= 11 is 0. The molecule has 0 bridgehead atoms. The van der Waals surface area contributed by atoms with Crippen LogP contribution in [0.4, 0.5) is 0 Å². The minimum absolute atomic E-state index is 0.0232. The third kappa shape index (κ3) is 3.42. The van der Waals surface area contributed by atoms with Gasteiger partial charge in [0, 0.05) is 18.6 Å². The van der Waals surface area contributed by atoms with E-state index in [-0.39, 0.29) is 29.4 Å². The molecule has 2 aliphatic heterocycles. The maximum atomic E-state index is 11.9. The number of hydrogen-bond acceptors (Lipinski definition) is 4. The van der Waals surface area contributed by atoms with Gasteiger partial charge in [0.2, 0.25) is 5.91 Å². The molecule has 98 valence electrons. The Kier molecular flexibility index (Phi) is 3.73. The number of carbonyl (C=O) groups is 1. The smallest absolute Gasteiger partial charge is 0.224 e. The summed E-state index contributed by atoms with van der Waals surface area (Å²) in [6.45, 7) is 2.91. The lowest BCUT2D eigenvalue weighted by atomic mass is 10.0. The first-order chi connectivity index (χ1) is 7.96. The molecule has 2 N–H and O–H groups in total. The summed E-state index contributed by atoms with van der Waals surface area (Å²) in [7, 11) is -2.97. The van der Waals surface area contributed by atoms with Crippen LogP contribution in [-0.2, 0) is 14.6 Å². The van der Waals surface area contributed by atoms with E-state index < -0.39 is 9.84 Å². The quantitative estimate of drug-likeness (QED) is 0.713. The van der Waals surface area contributed by atoms with E-state index in [9.17, 15) is 13.2 Å². The van der Waals surface area contributed by atoms with E-state index in [1.807, 2.05) is 0 Å². The van der Waals surface area contributed by atoms with Crippen molar-refractivity contribution in [3.8, 4) is 0 Å². The Bertz CT molecular complexity index is 386. The van der Waals surface area contributed by atoms with Crippen molar-refractivity contribution in [1.29, 1.82) is 0 Å². The second-order valence-electron chi connectivity index (χ2n) is 5.19. The summed E-state index contributed by atoms with van der Waals surface area (Å²) in [5.74, 6) is -0.243. The van der Waals surface area contributed by atoms with Gasteiger partial charge in [-0.1, -0.05) is 0 Å². The molecular formula is C11H20N2O3S. The number of amides is 1. The van der Waals surface area contributed by atoms with Crippen LogP contribution < -0.4 is 10.6 Å². The first kappa shape index (κ1) is 12.8. The maximum absolute atomic E-state index is 11.9. The van der Waals surface area contributed by atoms with E-state index in [1.54, 1.807) is 0 Å². The summed E-state index contributed by atoms with van der Waals surface area (Å²) in [4.78, 5) is 11.9. The Balaban J connectivity index is 1.82. The minimum atomic E-state index is -2.97. The van der Waals surface area contributed by atoms with Crippen LogP contribution in [-0.4, -0.2) is 44.5 Å². The van der Waals surface area contributed by atoms with Crippen LogP contribution in [0.1, 0.15) is 26.2 Å². The van der Waals surface area contributed by atoms with Gasteiger partial charge < -0.3 is 10.6 Å². The molecule has 2 saturated heterocycles. The number of nitrogens with one attached hydrogen (secondary N) is 2. The van der Waals surface area contributed by atoms with Crippen LogP contribution in [0.5, 0.6) is 0 Å². The van der Waals surface area contributed by atoms with Crippen molar-refractivity contribution in [3.05, 3.63) is 0 Å². The van der Waals surface area contributed by atoms with Gasteiger partial charge in [-0.3, -0.25) is 4.79 Å². The number of rotatable bonds is 2. The molecule has 2 aliphatic rings. The molecule has 3 unspecified atom stereocenters. The zero-order valence-electron chi connectivity index (χ0n) is 10.1. The summed E-state index contributed by atoms with van der Waals surface area (Å²) in [5, 5.41) is 6.26. The van der Waals surface area contributed by atoms with Gasteiger partial charge in [-0.25, -0.2) is 8.42 Å². The molecule has 0 radical (unpaired) electrons. The topological polar surface area (TPSA) is 75.3 Å². The lowest BCUT2D eigenvalue weighted by Crippen LogP contribution is -2.50. The van der Waals surface area contributed by atoms with Gasteiger partial charge in [-0.2, -0.15) is 0 Å². The third-order valence-electron chi connectivity index (χ3n) is 3.61. The van der Waals surface area contributed by atoms with Crippen molar-refractivity contribution >= 4 is 15.7 Å². The van der Waals surface area contributed by atoms with Crippen LogP contribution in [0.25, 0.3) is 0 Å². The highest BCUT2D eigenvalue weighted by Crippen LogP contribution is 2.19. The molecule has 0 aliphatic carbocycles. The van der Waals surface area contributed by atoms with Crippen LogP contribution in [0.2, 0.25) is 0 Å². The predicted octanol–water partition coefficient (Wildman–Crippen LogP) is -0.322. The molecule has 2 heterocycles. The minimum Gasteiger partial charge on any atom is -0.352 e. The third-order valence-corrected chi connectivity index (χ3v) is 5.38. The lowest BCUT2D eigenvalue weighted by Gasteiger charge is -2.29. The second kappa shape index (κ2) is 4.94. The Morgan fingerprint density at radius 2 is 2.06 bits per heavy atom. The highest BCUT2D eigenvalue weighted by atomic mass is 32.2. The van der Waals surface area contributed by atoms with Gasteiger partial charge in [0.25, 0.3) is 0 Å². The van der Waals surface area contributed by atoms with E-state index in [0.29, 0.717) is 12.5 Å². The molecule has 3 atom stereocenters. The van der Waals surface area contributed by atoms with Crippen LogP contribution in [0.15, 0.2) is 0 Å². The monoisotopic (exact) mass is 260 g/mol. The molecule has 5 nitrogen and oxygen atoms in total. The van der Waals surface area contributed by atoms with Crippen molar-refractivity contribution in [2.24, 2.45) is 5.92 Å². The standard InChI is InChI=1S/C11H20N2O3S/c1-8-2-3-10(6-12-8)13-11(14)9-4-5-17(15,16)7-9/h8-10,12H,2-7H2,1H3,(H,13,14). The van der Waals surface area contributed by atoms with Crippen molar-refractivity contribution in [1.82, 2.24) is 10.6 Å². The molecule has 2 rings (SSSR count). The number of piperidine rings is 1. The van der Waals surface area contributed by atoms with Gasteiger partial charge in [-0.05, 0) is 26.2 Å². The van der Waals surface area contributed by atoms with Crippen LogP contribution in [0, 0.1) is 5.92 Å². The number of hydrogen-bond donors (Lipinski definition) is 2. The zero-order chi connectivity index (χ0) is 12.5. The fourth-order valence-electron chi connectivity index (χ4n) is 2.44. The van der Waals surface area contributed by atoms with E-state index in [1.165, 1.54) is 0 Å². The summed E-state index contributed by atoms with van der Waals surface area (Å²) in [6, 6.07) is 0.664. The van der Waals surface area contributed by atoms with Crippen molar-refractivity contribution in [3.63, 3.8) is 0 Å². The van der Waals surface area contributed by atoms with E-state index >= 15 is 0 Å². The summed E-state index contributed by atoms with van der Waals surface area (Å²) in [6.07, 6.45) is 2.50. The van der Waals surface area contributed by atoms with Crippen molar-refractivity contribution < 1.29 is 13.2 Å². The molecule has 0 aromatic carbocycles. The lowest BCUT2D eigenvalue weighted by molar-refractivity contribution is -0.125. The van der Waals surface area contributed by atoms with Gasteiger partial charge >= 0.3 is 0 Å². The molecule has 0 aromatic rings. The highest BCUT2D eigenvalue weighted by molar-refractivity contribution is 7.91. The largest absolute Gasteiger partial charge is 0.352 e. The molecule has 2 fully saturated rings. The zero-order valence-corrected chi connectivity index (χ0v) is 10.9.